The minimum atomic E-state index is -0.0383. The zero-order chi connectivity index (χ0) is 17.6. The molecule has 3 rings (SSSR count). The van der Waals surface area contributed by atoms with Crippen molar-refractivity contribution >= 4 is 17.5 Å². The average Bonchev–Trinajstić information content (AvgIpc) is 3.15. The van der Waals surface area contributed by atoms with Crippen molar-refractivity contribution in [2.24, 2.45) is 0 Å². The van der Waals surface area contributed by atoms with Crippen molar-refractivity contribution in [1.82, 2.24) is 15.3 Å². The Balaban J connectivity index is 1.57. The summed E-state index contributed by atoms with van der Waals surface area (Å²) in [6.07, 6.45) is 5.85. The molecule has 2 heterocycles. The fourth-order valence-electron chi connectivity index (χ4n) is 2.51. The Morgan fingerprint density at radius 3 is 2.84 bits per heavy atom. The molecule has 0 radical (unpaired) electrons. The number of amides is 1. The number of halogens is 1. The first-order chi connectivity index (χ1) is 12.1. The van der Waals surface area contributed by atoms with E-state index in [4.69, 9.17) is 16.0 Å². The number of aryl methyl sites for hydroxylation is 2. The standard InChI is InChI=1S/C19H18ClN3O2/c1-13-11-14(4-6-15(13)20)5-7-18(24)23-12-16-19(22-9-8-21-16)17-3-2-10-25-17/h2-4,6,8-11H,5,7,12H2,1H3,(H,23,24). The first kappa shape index (κ1) is 17.2. The highest BCUT2D eigenvalue weighted by Gasteiger charge is 2.11. The first-order valence-corrected chi connectivity index (χ1v) is 8.37. The third kappa shape index (κ3) is 4.45. The molecule has 25 heavy (non-hydrogen) atoms. The van der Waals surface area contributed by atoms with Gasteiger partial charge < -0.3 is 9.73 Å². The Morgan fingerprint density at radius 1 is 1.24 bits per heavy atom. The molecule has 2 aromatic heterocycles. The van der Waals surface area contributed by atoms with Gasteiger partial charge in [0.15, 0.2) is 5.76 Å². The van der Waals surface area contributed by atoms with Gasteiger partial charge in [0.2, 0.25) is 5.91 Å². The van der Waals surface area contributed by atoms with E-state index < -0.39 is 0 Å². The van der Waals surface area contributed by atoms with Gasteiger partial charge in [-0.2, -0.15) is 0 Å². The molecular weight excluding hydrogens is 338 g/mol. The summed E-state index contributed by atoms with van der Waals surface area (Å²) in [5.41, 5.74) is 3.42. The van der Waals surface area contributed by atoms with Crippen LogP contribution in [-0.2, 0) is 17.8 Å². The molecule has 1 N–H and O–H groups in total. The molecule has 0 unspecified atom stereocenters. The van der Waals surface area contributed by atoms with Gasteiger partial charge in [-0.3, -0.25) is 9.78 Å². The molecule has 1 amide bonds. The lowest BCUT2D eigenvalue weighted by Crippen LogP contribution is -2.24. The first-order valence-electron chi connectivity index (χ1n) is 7.99. The number of nitrogens with zero attached hydrogens (tertiary/aromatic N) is 2. The summed E-state index contributed by atoms with van der Waals surface area (Å²) in [6.45, 7) is 2.26. The molecule has 5 nitrogen and oxygen atoms in total. The van der Waals surface area contributed by atoms with Gasteiger partial charge in [-0.1, -0.05) is 23.7 Å². The van der Waals surface area contributed by atoms with Gasteiger partial charge in [-0.05, 0) is 42.7 Å². The minimum Gasteiger partial charge on any atom is -0.463 e. The van der Waals surface area contributed by atoms with Gasteiger partial charge in [0.25, 0.3) is 0 Å². The van der Waals surface area contributed by atoms with Crippen molar-refractivity contribution in [2.45, 2.75) is 26.3 Å². The lowest BCUT2D eigenvalue weighted by Gasteiger charge is -2.08. The summed E-state index contributed by atoms with van der Waals surface area (Å²) in [5.74, 6) is 0.595. The highest BCUT2D eigenvalue weighted by atomic mass is 35.5. The highest BCUT2D eigenvalue weighted by molar-refractivity contribution is 6.31. The van der Waals surface area contributed by atoms with Crippen molar-refractivity contribution in [3.05, 3.63) is 70.8 Å². The van der Waals surface area contributed by atoms with Crippen molar-refractivity contribution < 1.29 is 9.21 Å². The number of rotatable bonds is 6. The van der Waals surface area contributed by atoms with Crippen molar-refractivity contribution in [1.29, 1.82) is 0 Å². The van der Waals surface area contributed by atoms with Gasteiger partial charge in [0.1, 0.15) is 5.69 Å². The number of hydrogen-bond acceptors (Lipinski definition) is 4. The van der Waals surface area contributed by atoms with Gasteiger partial charge in [0, 0.05) is 23.8 Å². The van der Waals surface area contributed by atoms with Gasteiger partial charge >= 0.3 is 0 Å². The minimum absolute atomic E-state index is 0.0383. The van der Waals surface area contributed by atoms with Crippen LogP contribution in [-0.4, -0.2) is 15.9 Å². The largest absolute Gasteiger partial charge is 0.463 e. The van der Waals surface area contributed by atoms with E-state index in [0.29, 0.717) is 36.5 Å². The van der Waals surface area contributed by atoms with E-state index in [0.717, 1.165) is 16.1 Å². The summed E-state index contributed by atoms with van der Waals surface area (Å²) in [5, 5.41) is 3.63. The Morgan fingerprint density at radius 2 is 2.08 bits per heavy atom. The molecular formula is C19H18ClN3O2. The SMILES string of the molecule is Cc1cc(CCC(=O)NCc2nccnc2-c2ccco2)ccc1Cl. The Labute approximate surface area is 151 Å². The van der Waals surface area contributed by atoms with Gasteiger partial charge in [-0.25, -0.2) is 4.98 Å². The highest BCUT2D eigenvalue weighted by Crippen LogP contribution is 2.20. The maximum absolute atomic E-state index is 12.1. The van der Waals surface area contributed by atoms with Crippen molar-refractivity contribution in [2.75, 3.05) is 0 Å². The zero-order valence-electron chi connectivity index (χ0n) is 13.8. The van der Waals surface area contributed by atoms with Crippen LogP contribution in [0.5, 0.6) is 0 Å². The molecule has 6 heteroatoms. The van der Waals surface area contributed by atoms with E-state index in [1.54, 1.807) is 24.7 Å². The van der Waals surface area contributed by atoms with E-state index in [-0.39, 0.29) is 5.91 Å². The lowest BCUT2D eigenvalue weighted by atomic mass is 10.1. The second kappa shape index (κ2) is 7.94. The number of benzene rings is 1. The molecule has 0 aliphatic heterocycles. The van der Waals surface area contributed by atoms with Crippen LogP contribution in [0.25, 0.3) is 11.5 Å². The molecule has 128 valence electrons. The third-order valence-electron chi connectivity index (χ3n) is 3.84. The third-order valence-corrected chi connectivity index (χ3v) is 4.27. The molecule has 1 aromatic carbocycles. The van der Waals surface area contributed by atoms with Crippen molar-refractivity contribution in [3.8, 4) is 11.5 Å². The number of carbonyl (C=O) groups excluding carboxylic acids is 1. The van der Waals surface area contributed by atoms with Crippen LogP contribution in [0.15, 0.2) is 53.4 Å². The normalized spacial score (nSPS) is 10.6. The lowest BCUT2D eigenvalue weighted by molar-refractivity contribution is -0.121. The smallest absolute Gasteiger partial charge is 0.220 e. The van der Waals surface area contributed by atoms with E-state index in [2.05, 4.69) is 15.3 Å². The molecule has 0 aliphatic rings. The molecule has 0 atom stereocenters. The van der Waals surface area contributed by atoms with Crippen molar-refractivity contribution in [3.63, 3.8) is 0 Å². The summed E-state index contributed by atoms with van der Waals surface area (Å²) in [6, 6.07) is 9.42. The second-order valence-electron chi connectivity index (χ2n) is 5.69. The molecule has 0 saturated heterocycles. The number of aromatic nitrogens is 2. The van der Waals surface area contributed by atoms with Gasteiger partial charge in [-0.15, -0.1) is 0 Å². The zero-order valence-corrected chi connectivity index (χ0v) is 14.6. The van der Waals surface area contributed by atoms with Crippen LogP contribution in [0.1, 0.15) is 23.2 Å². The molecule has 0 aliphatic carbocycles. The second-order valence-corrected chi connectivity index (χ2v) is 6.10. The molecule has 0 fully saturated rings. The Bertz CT molecular complexity index is 863. The fourth-order valence-corrected chi connectivity index (χ4v) is 2.62. The molecule has 0 saturated carbocycles. The average molecular weight is 356 g/mol. The quantitative estimate of drug-likeness (QED) is 0.727. The predicted molar refractivity (Wildman–Crippen MR) is 96.1 cm³/mol. The maximum Gasteiger partial charge on any atom is 0.220 e. The number of carbonyl (C=O) groups is 1. The molecule has 3 aromatic rings. The Hall–Kier alpha value is -2.66. The fraction of sp³-hybridized carbons (Fsp3) is 0.211. The van der Waals surface area contributed by atoms with E-state index in [9.17, 15) is 4.79 Å². The number of furan rings is 1. The van der Waals surface area contributed by atoms with Crippen LogP contribution in [0, 0.1) is 6.92 Å². The van der Waals surface area contributed by atoms with Crippen LogP contribution >= 0.6 is 11.6 Å². The number of hydrogen-bond donors (Lipinski definition) is 1. The van der Waals surface area contributed by atoms with Gasteiger partial charge in [0.05, 0.1) is 18.5 Å². The predicted octanol–water partition coefficient (Wildman–Crippen LogP) is 3.95. The summed E-state index contributed by atoms with van der Waals surface area (Å²) >= 11 is 6.02. The van der Waals surface area contributed by atoms with Crippen LogP contribution in [0.2, 0.25) is 5.02 Å². The van der Waals surface area contributed by atoms with Crippen LogP contribution < -0.4 is 5.32 Å². The van der Waals surface area contributed by atoms with E-state index in [1.165, 1.54) is 0 Å². The summed E-state index contributed by atoms with van der Waals surface area (Å²) < 4.78 is 5.37. The van der Waals surface area contributed by atoms with E-state index >= 15 is 0 Å². The van der Waals surface area contributed by atoms with Crippen LogP contribution in [0.3, 0.4) is 0 Å². The number of nitrogens with one attached hydrogen (secondary N) is 1. The Kier molecular flexibility index (Phi) is 5.46. The topological polar surface area (TPSA) is 68.0 Å². The molecule has 0 bridgehead atoms. The summed E-state index contributed by atoms with van der Waals surface area (Å²) in [4.78, 5) is 20.7. The van der Waals surface area contributed by atoms with E-state index in [1.807, 2.05) is 31.2 Å². The monoisotopic (exact) mass is 355 g/mol. The molecule has 0 spiro atoms. The summed E-state index contributed by atoms with van der Waals surface area (Å²) in [7, 11) is 0. The maximum atomic E-state index is 12.1. The van der Waals surface area contributed by atoms with Crippen LogP contribution in [0.4, 0.5) is 0 Å².